The van der Waals surface area contributed by atoms with E-state index in [0.717, 1.165) is 22.7 Å². The quantitative estimate of drug-likeness (QED) is 0.710. The third kappa shape index (κ3) is 6.24. The number of nitrogens with zero attached hydrogens (tertiary/aromatic N) is 1. The Labute approximate surface area is 163 Å². The van der Waals surface area contributed by atoms with Crippen molar-refractivity contribution < 1.29 is 26.4 Å². The molecule has 0 saturated carbocycles. The smallest absolute Gasteiger partial charge is 0.350 e. The molecule has 146 valence electrons. The fraction of sp³-hybridized carbons (Fsp3) is 0.235. The van der Waals surface area contributed by atoms with E-state index >= 15 is 0 Å². The van der Waals surface area contributed by atoms with E-state index in [9.17, 15) is 26.4 Å². The summed E-state index contributed by atoms with van der Waals surface area (Å²) in [6.07, 6.45) is -3.51. The molecule has 2 aromatic rings. The molecule has 0 atom stereocenters. The number of hydrogen-bond acceptors (Lipinski definition) is 3. The van der Waals surface area contributed by atoms with E-state index in [2.05, 4.69) is 21.2 Å². The minimum atomic E-state index is -4.48. The Hall–Kier alpha value is -2.07. The van der Waals surface area contributed by atoms with E-state index in [-0.39, 0.29) is 12.1 Å². The average molecular weight is 465 g/mol. The van der Waals surface area contributed by atoms with Crippen LogP contribution in [0.1, 0.15) is 11.1 Å². The highest BCUT2D eigenvalue weighted by Crippen LogP contribution is 2.29. The van der Waals surface area contributed by atoms with E-state index < -0.39 is 34.2 Å². The maximum absolute atomic E-state index is 12.7. The molecule has 0 spiro atoms. The van der Waals surface area contributed by atoms with Crippen LogP contribution in [0.4, 0.5) is 18.9 Å². The molecule has 0 aliphatic rings. The van der Waals surface area contributed by atoms with Crippen molar-refractivity contribution in [3.63, 3.8) is 0 Å². The van der Waals surface area contributed by atoms with Gasteiger partial charge in [0.1, 0.15) is 6.54 Å². The molecule has 0 radical (unpaired) electrons. The topological polar surface area (TPSA) is 66.5 Å². The number of benzene rings is 2. The Morgan fingerprint density at radius 3 is 2.41 bits per heavy atom. The van der Waals surface area contributed by atoms with Crippen LogP contribution in [0.15, 0.2) is 53.0 Å². The van der Waals surface area contributed by atoms with Crippen molar-refractivity contribution in [1.82, 2.24) is 5.32 Å². The lowest BCUT2D eigenvalue weighted by molar-refractivity contribution is -0.137. The van der Waals surface area contributed by atoms with Crippen LogP contribution in [0.2, 0.25) is 0 Å². The lowest BCUT2D eigenvalue weighted by atomic mass is 10.1. The van der Waals surface area contributed by atoms with Crippen LogP contribution in [-0.4, -0.2) is 27.1 Å². The lowest BCUT2D eigenvalue weighted by Gasteiger charge is -2.22. The maximum Gasteiger partial charge on any atom is 0.416 e. The number of alkyl halides is 3. The van der Waals surface area contributed by atoms with E-state index in [4.69, 9.17) is 0 Å². The fourth-order valence-corrected chi connectivity index (χ4v) is 3.51. The summed E-state index contributed by atoms with van der Waals surface area (Å²) in [5, 5.41) is 2.44. The molecule has 0 fully saturated rings. The lowest BCUT2D eigenvalue weighted by Crippen LogP contribution is -2.40. The summed E-state index contributed by atoms with van der Waals surface area (Å²) in [5.41, 5.74) is -0.270. The van der Waals surface area contributed by atoms with Crippen LogP contribution in [0.25, 0.3) is 0 Å². The first-order valence-corrected chi connectivity index (χ1v) is 10.3. The van der Waals surface area contributed by atoms with Gasteiger partial charge in [-0.2, -0.15) is 13.2 Å². The monoisotopic (exact) mass is 464 g/mol. The fourth-order valence-electron chi connectivity index (χ4n) is 2.28. The number of sulfonamides is 1. The van der Waals surface area contributed by atoms with Gasteiger partial charge in [-0.25, -0.2) is 8.42 Å². The number of anilines is 1. The minimum Gasteiger partial charge on any atom is -0.350 e. The molecule has 1 N–H and O–H groups in total. The first-order valence-electron chi connectivity index (χ1n) is 7.63. The Morgan fingerprint density at radius 1 is 1.15 bits per heavy atom. The summed E-state index contributed by atoms with van der Waals surface area (Å²) in [7, 11) is -3.74. The Balaban J connectivity index is 2.09. The second-order valence-electron chi connectivity index (χ2n) is 5.72. The Morgan fingerprint density at radius 2 is 1.81 bits per heavy atom. The van der Waals surface area contributed by atoms with E-state index in [0.29, 0.717) is 10.2 Å². The molecule has 27 heavy (non-hydrogen) atoms. The number of hydrogen-bond donors (Lipinski definition) is 1. The van der Waals surface area contributed by atoms with Crippen molar-refractivity contribution in [1.29, 1.82) is 0 Å². The largest absolute Gasteiger partial charge is 0.416 e. The zero-order chi connectivity index (χ0) is 20.2. The van der Waals surface area contributed by atoms with Gasteiger partial charge in [0.15, 0.2) is 0 Å². The van der Waals surface area contributed by atoms with Crippen LogP contribution >= 0.6 is 15.9 Å². The molecule has 0 saturated heterocycles. The molecule has 10 heteroatoms. The summed E-state index contributed by atoms with van der Waals surface area (Å²) < 4.78 is 63.8. The zero-order valence-electron chi connectivity index (χ0n) is 14.1. The number of carbonyl (C=O) groups excluding carboxylic acids is 1. The maximum atomic E-state index is 12.7. The summed E-state index contributed by atoms with van der Waals surface area (Å²) in [6.45, 7) is -0.646. The van der Waals surface area contributed by atoms with Gasteiger partial charge in [-0.1, -0.05) is 34.1 Å². The van der Waals surface area contributed by atoms with Crippen LogP contribution in [0, 0.1) is 0 Å². The summed E-state index contributed by atoms with van der Waals surface area (Å²) >= 11 is 3.23. The number of nitrogens with one attached hydrogen (secondary N) is 1. The second kappa shape index (κ2) is 8.30. The number of amides is 1. The van der Waals surface area contributed by atoms with Gasteiger partial charge in [0.05, 0.1) is 17.5 Å². The van der Waals surface area contributed by atoms with Gasteiger partial charge < -0.3 is 5.32 Å². The zero-order valence-corrected chi connectivity index (χ0v) is 16.5. The highest BCUT2D eigenvalue weighted by molar-refractivity contribution is 9.10. The molecular weight excluding hydrogens is 449 g/mol. The summed E-state index contributed by atoms with van der Waals surface area (Å²) in [6, 6.07) is 11.0. The predicted octanol–water partition coefficient (Wildman–Crippen LogP) is 3.55. The molecule has 0 bridgehead atoms. The SMILES string of the molecule is CS(=O)(=O)N(CC(=O)NCc1cccc(C(F)(F)F)c1)c1cccc(Br)c1. The molecule has 1 amide bonds. The van der Waals surface area contributed by atoms with Gasteiger partial charge in [-0.3, -0.25) is 9.10 Å². The molecule has 0 unspecified atom stereocenters. The van der Waals surface area contributed by atoms with Gasteiger partial charge in [-0.15, -0.1) is 0 Å². The molecular formula is C17H16BrF3N2O3S. The van der Waals surface area contributed by atoms with Gasteiger partial charge in [-0.05, 0) is 35.9 Å². The van der Waals surface area contributed by atoms with Crippen molar-refractivity contribution in [2.75, 3.05) is 17.1 Å². The van der Waals surface area contributed by atoms with Gasteiger partial charge in [0.2, 0.25) is 15.9 Å². The highest BCUT2D eigenvalue weighted by atomic mass is 79.9. The normalized spacial score (nSPS) is 11.9. The van der Waals surface area contributed by atoms with E-state index in [1.807, 2.05) is 0 Å². The third-order valence-corrected chi connectivity index (χ3v) is 5.16. The van der Waals surface area contributed by atoms with Crippen molar-refractivity contribution in [3.8, 4) is 0 Å². The van der Waals surface area contributed by atoms with Crippen LogP contribution in [0.5, 0.6) is 0 Å². The standard InChI is InChI=1S/C17H16BrF3N2O3S/c1-27(25,26)23(15-7-3-6-14(18)9-15)11-16(24)22-10-12-4-2-5-13(8-12)17(19,20)21/h2-9H,10-11H2,1H3,(H,22,24). The number of rotatable bonds is 6. The second-order valence-corrected chi connectivity index (χ2v) is 8.55. The van der Waals surface area contributed by atoms with E-state index in [1.54, 1.807) is 18.2 Å². The predicted molar refractivity (Wildman–Crippen MR) is 99.6 cm³/mol. The highest BCUT2D eigenvalue weighted by Gasteiger charge is 2.30. The van der Waals surface area contributed by atoms with Crippen molar-refractivity contribution in [2.45, 2.75) is 12.7 Å². The van der Waals surface area contributed by atoms with Gasteiger partial charge in [0, 0.05) is 11.0 Å². The van der Waals surface area contributed by atoms with Crippen LogP contribution in [0.3, 0.4) is 0 Å². The molecule has 0 aromatic heterocycles. The Bertz CT molecular complexity index is 933. The Kier molecular flexibility index (Phi) is 6.53. The number of carbonyl (C=O) groups is 1. The van der Waals surface area contributed by atoms with Gasteiger partial charge >= 0.3 is 6.18 Å². The average Bonchev–Trinajstić information content (AvgIpc) is 2.56. The molecule has 0 aliphatic carbocycles. The molecule has 0 aliphatic heterocycles. The first kappa shape index (κ1) is 21.2. The molecule has 2 rings (SSSR count). The molecule has 0 heterocycles. The summed E-state index contributed by atoms with van der Waals surface area (Å²) in [4.78, 5) is 12.2. The molecule has 5 nitrogen and oxygen atoms in total. The van der Waals surface area contributed by atoms with Crippen LogP contribution in [-0.2, 0) is 27.5 Å². The van der Waals surface area contributed by atoms with Crippen LogP contribution < -0.4 is 9.62 Å². The van der Waals surface area contributed by atoms with Crippen molar-refractivity contribution in [3.05, 3.63) is 64.1 Å². The van der Waals surface area contributed by atoms with Crippen molar-refractivity contribution >= 4 is 37.5 Å². The van der Waals surface area contributed by atoms with Crippen molar-refractivity contribution in [2.24, 2.45) is 0 Å². The number of halogens is 4. The molecule has 2 aromatic carbocycles. The van der Waals surface area contributed by atoms with Gasteiger partial charge in [0.25, 0.3) is 0 Å². The first-order chi connectivity index (χ1) is 12.5. The third-order valence-electron chi connectivity index (χ3n) is 3.53. The summed E-state index contributed by atoms with van der Waals surface area (Å²) in [5.74, 6) is -0.641. The van der Waals surface area contributed by atoms with E-state index in [1.165, 1.54) is 18.2 Å². The minimum absolute atomic E-state index is 0.154.